The Morgan fingerprint density at radius 3 is 1.22 bits per heavy atom. The molecule has 0 aromatic heterocycles. The molecule has 6 aliphatic carbocycles. The Balaban J connectivity index is 0.000000217. The number of Topliss-reactive ketones (excluding diaryl/α,β-unsaturated/α-hetero) is 2. The summed E-state index contributed by atoms with van der Waals surface area (Å²) in [5.41, 5.74) is -10.9. The lowest BCUT2D eigenvalue weighted by Gasteiger charge is -2.64. The Morgan fingerprint density at radius 2 is 0.847 bits per heavy atom. The van der Waals surface area contributed by atoms with Crippen LogP contribution in [0.5, 0.6) is 0 Å². The van der Waals surface area contributed by atoms with E-state index < -0.39 is 226 Å². The van der Waals surface area contributed by atoms with Gasteiger partial charge in [-0.05, 0) is 104 Å². The molecule has 2 aliphatic heterocycles. The number of aliphatic hydroxyl groups excluding tert-OH is 5. The van der Waals surface area contributed by atoms with Gasteiger partial charge in [-0.25, -0.2) is 24.0 Å². The predicted octanol–water partition coefficient (Wildman–Crippen LogP) is 6.22. The largest absolute Gasteiger partial charge is 0.456 e. The molecule has 0 radical (unpaired) electrons. The van der Waals surface area contributed by atoms with Crippen molar-refractivity contribution in [2.24, 2.45) is 34.5 Å². The van der Waals surface area contributed by atoms with E-state index in [1.165, 1.54) is 38.1 Å². The van der Waals surface area contributed by atoms with E-state index in [0.29, 0.717) is 11.1 Å². The van der Waals surface area contributed by atoms with Crippen molar-refractivity contribution in [3.8, 4) is 0 Å². The molecule has 22 unspecified atom stereocenters. The van der Waals surface area contributed by atoms with Crippen LogP contribution < -0.4 is 10.6 Å². The van der Waals surface area contributed by atoms with E-state index in [4.69, 9.17) is 47.4 Å². The van der Waals surface area contributed by atoms with Crippen molar-refractivity contribution in [2.75, 3.05) is 13.2 Å². The fourth-order valence-electron chi connectivity index (χ4n) is 19.0. The molecule has 30 heteroatoms. The van der Waals surface area contributed by atoms with E-state index in [0.717, 1.165) is 20.8 Å². The first-order valence-corrected chi connectivity index (χ1v) is 39.1. The van der Waals surface area contributed by atoms with Gasteiger partial charge in [-0.3, -0.25) is 28.8 Å². The molecule has 6 fully saturated rings. The molecule has 4 bridgehead atoms. The number of nitrogens with one attached hydrogen (secondary N) is 2. The average Bonchev–Trinajstić information content (AvgIpc) is 0.683. The molecule has 5 aromatic rings. The number of rotatable bonds is 18. The summed E-state index contributed by atoms with van der Waals surface area (Å²) in [4.78, 5) is 151. The van der Waals surface area contributed by atoms with Gasteiger partial charge >= 0.3 is 47.9 Å². The second kappa shape index (κ2) is 33.4. The van der Waals surface area contributed by atoms with Crippen molar-refractivity contribution in [1.29, 1.82) is 0 Å². The van der Waals surface area contributed by atoms with Gasteiger partial charge in [0.15, 0.2) is 41.1 Å². The molecule has 630 valence electrons. The lowest BCUT2D eigenvalue weighted by Crippen LogP contribution is -2.79. The minimum atomic E-state index is -2.37. The SMILES string of the molecule is CC(=O)OC12COC1CC(O)C1C(=O)C(O)C3=C(C)C(OC(=O)C(O)C(NC(=O)OC(C)(C)C)c4ccccc4)CC(O)(C(OC(=O)c4ccccc4)C12)C3(C)C.CC(=O)OC1C(=O)C2C(O)CC3OCC3(OC(C)=O)C2C(OC(=O)c2ccccc2)C2(O)CC(OC(=O)C(O)C(NC(=O)c3ccccc3)c3ccccc3)C(C)=C1C2(C)C. The zero-order chi connectivity index (χ0) is 85.8. The van der Waals surface area contributed by atoms with E-state index >= 15 is 4.79 Å². The monoisotopic (exact) mass is 1630 g/mol. The fourth-order valence-corrected chi connectivity index (χ4v) is 19.0. The molecule has 118 heavy (non-hydrogen) atoms. The van der Waals surface area contributed by atoms with Crippen LogP contribution in [0.15, 0.2) is 174 Å². The summed E-state index contributed by atoms with van der Waals surface area (Å²) in [6, 6.07) is 37.6. The topological polar surface area (TPSA) is 446 Å². The molecule has 2 saturated heterocycles. The molecule has 8 aliphatic rings. The summed E-state index contributed by atoms with van der Waals surface area (Å²) in [6.07, 6.45) is -21.6. The smallest absolute Gasteiger partial charge is 0.408 e. The van der Waals surface area contributed by atoms with Gasteiger partial charge in [0.2, 0.25) is 0 Å². The summed E-state index contributed by atoms with van der Waals surface area (Å²) < 4.78 is 59.3. The van der Waals surface area contributed by atoms with Crippen LogP contribution in [0.3, 0.4) is 0 Å². The zero-order valence-electron chi connectivity index (χ0n) is 67.3. The molecule has 30 nitrogen and oxygen atoms in total. The Labute approximate surface area is 680 Å². The first-order chi connectivity index (χ1) is 55.5. The van der Waals surface area contributed by atoms with Crippen LogP contribution in [0.25, 0.3) is 0 Å². The maximum Gasteiger partial charge on any atom is 0.408 e. The van der Waals surface area contributed by atoms with Gasteiger partial charge in [0.05, 0.1) is 72.3 Å². The molecule has 13 rings (SSSR count). The maximum absolute atomic E-state index is 15.2. The number of alkyl carbamates (subject to hydrolysis) is 1. The van der Waals surface area contributed by atoms with E-state index in [1.54, 1.807) is 176 Å². The third kappa shape index (κ3) is 16.0. The first-order valence-electron chi connectivity index (χ1n) is 39.1. The number of hydrogen-bond acceptors (Lipinski definition) is 28. The van der Waals surface area contributed by atoms with E-state index in [9.17, 15) is 83.7 Å². The summed E-state index contributed by atoms with van der Waals surface area (Å²) in [7, 11) is 0. The Bertz CT molecular complexity index is 4740. The summed E-state index contributed by atoms with van der Waals surface area (Å²) in [5, 5.41) is 90.8. The number of benzene rings is 5. The van der Waals surface area contributed by atoms with Gasteiger partial charge in [-0.2, -0.15) is 0 Å². The van der Waals surface area contributed by atoms with Gasteiger partial charge in [-0.1, -0.05) is 143 Å². The van der Waals surface area contributed by atoms with Crippen molar-refractivity contribution < 1.29 is 136 Å². The lowest BCUT2D eigenvalue weighted by molar-refractivity contribution is -0.332. The zero-order valence-corrected chi connectivity index (χ0v) is 67.3. The number of ketones is 2. The highest BCUT2D eigenvalue weighted by Gasteiger charge is 2.77. The van der Waals surface area contributed by atoms with E-state index in [2.05, 4.69) is 10.6 Å². The lowest BCUT2D eigenvalue weighted by atomic mass is 9.48. The fraction of sp³-hybridized carbons (Fsp3) is 0.489. The number of fused-ring (bicyclic) bond motifs is 10. The van der Waals surface area contributed by atoms with Crippen LogP contribution in [0.2, 0.25) is 0 Å². The Hall–Kier alpha value is -10.4. The average molecular weight is 1630 g/mol. The van der Waals surface area contributed by atoms with Crippen molar-refractivity contribution in [3.63, 3.8) is 0 Å². The van der Waals surface area contributed by atoms with Crippen LogP contribution >= 0.6 is 0 Å². The van der Waals surface area contributed by atoms with Crippen molar-refractivity contribution in [3.05, 3.63) is 202 Å². The molecule has 2 heterocycles. The highest BCUT2D eigenvalue weighted by atomic mass is 16.7. The number of carbonyl (C=O) groups excluding carboxylic acids is 11. The van der Waals surface area contributed by atoms with Crippen LogP contribution in [0.1, 0.15) is 163 Å². The number of hydrogen-bond donors (Lipinski definition) is 9. The molecular weight excluding hydrogens is 1530 g/mol. The molecule has 22 atom stereocenters. The Kier molecular flexibility index (Phi) is 24.6. The van der Waals surface area contributed by atoms with Gasteiger partial charge < -0.3 is 93.7 Å². The highest BCUT2D eigenvalue weighted by Crippen LogP contribution is 2.64. The standard InChI is InChI=1S/C46H49NO14.C42H51NO14/c1-24-31(59-43(55)38(52)36(27-15-9-6-10-16-27)47-41(53)28-17-11-7-12-18-28)22-46(56)40(60-42(54)29-19-13-8-14-20-29)35-33(30(50)21-32-45(35,23-57-32)61-26(3)49)37(51)39(58-25(2)48)34(24)44(46,4)5;1-21-26(54-37(50)34(48)31(23-14-10-8-11-15-23)43-38(51)57-39(3,4)5)19-42(52)35(55-36(49)24-16-12-9-13-17-24)30-28(32(46)33(47)29(21)40(42,6)7)25(45)18-27-41(30,20-53-27)56-22(2)44/h6-20,30-33,35-36,38-40,50,52,56H,21-23H2,1-5H3,(H,47,53);8-17,25-28,30-31,33-35,45,47-48,52H,18-20H2,1-7H3,(H,43,51). The van der Waals surface area contributed by atoms with Crippen molar-refractivity contribution in [1.82, 2.24) is 10.6 Å². The molecular formula is C88H100N2O28. The number of aliphatic hydroxyl groups is 7. The second-order valence-electron chi connectivity index (χ2n) is 33.7. The van der Waals surface area contributed by atoms with Crippen LogP contribution in [0.4, 0.5) is 4.79 Å². The quantitative estimate of drug-likeness (QED) is 0.0267. The van der Waals surface area contributed by atoms with Crippen molar-refractivity contribution >= 4 is 65.4 Å². The molecule has 5 aromatic carbocycles. The summed E-state index contributed by atoms with van der Waals surface area (Å²) in [5.74, 6) is -15.1. The van der Waals surface area contributed by atoms with Crippen LogP contribution in [-0.2, 0) is 80.9 Å². The van der Waals surface area contributed by atoms with Gasteiger partial charge in [0.25, 0.3) is 5.91 Å². The predicted molar refractivity (Wildman–Crippen MR) is 412 cm³/mol. The Morgan fingerprint density at radius 1 is 0.483 bits per heavy atom. The summed E-state index contributed by atoms with van der Waals surface area (Å²) in [6.45, 7) is 17.0. The number of amides is 2. The minimum Gasteiger partial charge on any atom is -0.456 e. The summed E-state index contributed by atoms with van der Waals surface area (Å²) >= 11 is 0. The third-order valence-electron chi connectivity index (χ3n) is 24.8. The minimum absolute atomic E-state index is 0.00524. The maximum atomic E-state index is 15.2. The number of ether oxygens (including phenoxy) is 10. The van der Waals surface area contributed by atoms with E-state index in [-0.39, 0.29) is 65.0 Å². The second-order valence-corrected chi connectivity index (χ2v) is 33.7. The molecule has 4 saturated carbocycles. The highest BCUT2D eigenvalue weighted by molar-refractivity contribution is 5.96. The first kappa shape index (κ1) is 86.9. The van der Waals surface area contributed by atoms with E-state index in [1.807, 2.05) is 0 Å². The molecule has 2 amide bonds. The number of esters is 7. The van der Waals surface area contributed by atoms with Gasteiger partial charge in [0.1, 0.15) is 59.5 Å². The third-order valence-corrected chi connectivity index (χ3v) is 24.8. The molecule has 9 N–H and O–H groups in total. The number of carbonyl (C=O) groups is 11. The van der Waals surface area contributed by atoms with Crippen LogP contribution in [-0.4, -0.2) is 216 Å². The normalized spacial score (nSPS) is 31.8. The van der Waals surface area contributed by atoms with Gasteiger partial charge in [-0.15, -0.1) is 0 Å². The van der Waals surface area contributed by atoms with Gasteiger partial charge in [0, 0.05) is 62.8 Å². The van der Waals surface area contributed by atoms with Crippen molar-refractivity contribution in [2.45, 2.75) is 222 Å². The molecule has 0 spiro atoms. The van der Waals surface area contributed by atoms with Crippen LogP contribution in [0, 0.1) is 34.5 Å².